The number of amides is 1. The molecule has 5 heteroatoms. The molecular formula is C17H23NO4. The number of carbonyl (C=O) groups excluding carboxylic acids is 2. The van der Waals surface area contributed by atoms with Crippen molar-refractivity contribution in [1.82, 2.24) is 4.90 Å². The van der Waals surface area contributed by atoms with E-state index in [9.17, 15) is 14.7 Å². The molecule has 0 aromatic heterocycles. The predicted molar refractivity (Wildman–Crippen MR) is 85.0 cm³/mol. The predicted octanol–water partition coefficient (Wildman–Crippen LogP) is 1.86. The Balaban J connectivity index is 2.63. The normalized spacial score (nSPS) is 12.1. The number of benzene rings is 1. The van der Waals surface area contributed by atoms with E-state index in [1.807, 2.05) is 30.3 Å². The van der Waals surface area contributed by atoms with Gasteiger partial charge in [0.1, 0.15) is 0 Å². The monoisotopic (exact) mass is 305 g/mol. The molecule has 1 aromatic carbocycles. The van der Waals surface area contributed by atoms with E-state index in [1.165, 1.54) is 11.0 Å². The van der Waals surface area contributed by atoms with Gasteiger partial charge in [0.05, 0.1) is 19.1 Å². The number of aliphatic hydroxyl groups excluding tert-OH is 1. The lowest BCUT2D eigenvalue weighted by molar-refractivity contribution is -0.144. The maximum absolute atomic E-state index is 12.2. The summed E-state index contributed by atoms with van der Waals surface area (Å²) < 4.78 is 4.85. The van der Waals surface area contributed by atoms with E-state index >= 15 is 0 Å². The summed E-state index contributed by atoms with van der Waals surface area (Å²) in [7, 11) is 0. The first-order chi connectivity index (χ1) is 10.5. The van der Waals surface area contributed by atoms with Gasteiger partial charge in [-0.25, -0.2) is 0 Å². The summed E-state index contributed by atoms with van der Waals surface area (Å²) in [5, 5.41) is 9.49. The molecule has 0 spiro atoms. The van der Waals surface area contributed by atoms with Gasteiger partial charge in [-0.15, -0.1) is 0 Å². The fourth-order valence-electron chi connectivity index (χ4n) is 1.91. The average Bonchev–Trinajstić information content (AvgIpc) is 2.50. The van der Waals surface area contributed by atoms with Crippen molar-refractivity contribution < 1.29 is 19.4 Å². The first-order valence-corrected chi connectivity index (χ1v) is 7.38. The van der Waals surface area contributed by atoms with Gasteiger partial charge in [0.15, 0.2) is 0 Å². The summed E-state index contributed by atoms with van der Waals surface area (Å²) in [5.41, 5.74) is 0.915. The topological polar surface area (TPSA) is 66.8 Å². The Morgan fingerprint density at radius 3 is 2.59 bits per heavy atom. The van der Waals surface area contributed by atoms with E-state index in [0.29, 0.717) is 6.61 Å². The molecule has 0 aliphatic heterocycles. The lowest BCUT2D eigenvalue weighted by Gasteiger charge is -2.22. The first kappa shape index (κ1) is 17.9. The number of aliphatic hydroxyl groups is 1. The van der Waals surface area contributed by atoms with Gasteiger partial charge in [-0.05, 0) is 25.5 Å². The zero-order valence-corrected chi connectivity index (χ0v) is 13.1. The van der Waals surface area contributed by atoms with E-state index in [1.54, 1.807) is 19.9 Å². The Kier molecular flexibility index (Phi) is 7.92. The highest BCUT2D eigenvalue weighted by Crippen LogP contribution is 2.04. The summed E-state index contributed by atoms with van der Waals surface area (Å²) in [6.07, 6.45) is 2.62. The second kappa shape index (κ2) is 9.73. The lowest BCUT2D eigenvalue weighted by atomic mass is 10.2. The minimum absolute atomic E-state index is 0.117. The van der Waals surface area contributed by atoms with Crippen molar-refractivity contribution in [2.45, 2.75) is 26.4 Å². The van der Waals surface area contributed by atoms with Crippen molar-refractivity contribution >= 4 is 18.0 Å². The molecule has 0 bridgehead atoms. The zero-order chi connectivity index (χ0) is 16.4. The number of rotatable bonds is 8. The van der Waals surface area contributed by atoms with Crippen molar-refractivity contribution in [3.63, 3.8) is 0 Å². The quantitative estimate of drug-likeness (QED) is 0.588. The molecule has 0 fully saturated rings. The smallest absolute Gasteiger partial charge is 0.307 e. The summed E-state index contributed by atoms with van der Waals surface area (Å²) >= 11 is 0. The maximum Gasteiger partial charge on any atom is 0.307 e. The van der Waals surface area contributed by atoms with Crippen molar-refractivity contribution in [3.05, 3.63) is 42.0 Å². The Morgan fingerprint density at radius 2 is 2.00 bits per heavy atom. The van der Waals surface area contributed by atoms with Crippen LogP contribution in [0.15, 0.2) is 36.4 Å². The third kappa shape index (κ3) is 7.04. The average molecular weight is 305 g/mol. The van der Waals surface area contributed by atoms with Gasteiger partial charge in [0.2, 0.25) is 5.91 Å². The van der Waals surface area contributed by atoms with Gasteiger partial charge in [0, 0.05) is 19.2 Å². The maximum atomic E-state index is 12.2. The van der Waals surface area contributed by atoms with E-state index in [2.05, 4.69) is 0 Å². The van der Waals surface area contributed by atoms with Crippen LogP contribution in [0.4, 0.5) is 0 Å². The molecule has 1 atom stereocenters. The number of hydrogen-bond acceptors (Lipinski definition) is 4. The van der Waals surface area contributed by atoms with Gasteiger partial charge in [-0.1, -0.05) is 30.3 Å². The van der Waals surface area contributed by atoms with E-state index in [0.717, 1.165) is 5.56 Å². The summed E-state index contributed by atoms with van der Waals surface area (Å²) in [5.74, 6) is -0.591. The van der Waals surface area contributed by atoms with E-state index < -0.39 is 6.10 Å². The van der Waals surface area contributed by atoms with Gasteiger partial charge >= 0.3 is 5.97 Å². The molecule has 1 rings (SSSR count). The van der Waals surface area contributed by atoms with Gasteiger partial charge in [-0.3, -0.25) is 9.59 Å². The standard InChI is InChI=1S/C17H23NO4/c1-3-22-17(21)11-12-18(13-14(2)19)16(20)10-9-15-7-5-4-6-8-15/h4-10,14,19H,3,11-13H2,1-2H3/b10-9+. The van der Waals surface area contributed by atoms with Gasteiger partial charge < -0.3 is 14.7 Å². The molecule has 1 aromatic rings. The second-order valence-corrected chi connectivity index (χ2v) is 4.93. The van der Waals surface area contributed by atoms with E-state index in [4.69, 9.17) is 4.74 Å². The molecule has 0 saturated heterocycles. The van der Waals surface area contributed by atoms with Crippen molar-refractivity contribution in [2.24, 2.45) is 0 Å². The molecule has 22 heavy (non-hydrogen) atoms. The van der Waals surface area contributed by atoms with Crippen LogP contribution in [0.5, 0.6) is 0 Å². The van der Waals surface area contributed by atoms with Crippen LogP contribution < -0.4 is 0 Å². The molecule has 0 saturated carbocycles. The number of nitrogens with zero attached hydrogens (tertiary/aromatic N) is 1. The number of ether oxygens (including phenoxy) is 1. The highest BCUT2D eigenvalue weighted by molar-refractivity contribution is 5.92. The molecule has 0 aliphatic rings. The number of esters is 1. The molecule has 1 N–H and O–H groups in total. The zero-order valence-electron chi connectivity index (χ0n) is 13.1. The SMILES string of the molecule is CCOC(=O)CCN(CC(C)O)C(=O)/C=C/c1ccccc1. The highest BCUT2D eigenvalue weighted by atomic mass is 16.5. The van der Waals surface area contributed by atoms with E-state index in [-0.39, 0.29) is 31.4 Å². The molecule has 120 valence electrons. The van der Waals surface area contributed by atoms with Crippen molar-refractivity contribution in [2.75, 3.05) is 19.7 Å². The summed E-state index contributed by atoms with van der Waals surface area (Å²) in [6, 6.07) is 9.46. The Hall–Kier alpha value is -2.14. The molecule has 0 aliphatic carbocycles. The molecule has 0 radical (unpaired) electrons. The highest BCUT2D eigenvalue weighted by Gasteiger charge is 2.15. The van der Waals surface area contributed by atoms with Crippen LogP contribution in [0.3, 0.4) is 0 Å². The summed E-state index contributed by atoms with van der Waals surface area (Å²) in [6.45, 7) is 4.06. The van der Waals surface area contributed by atoms with Crippen LogP contribution in [-0.2, 0) is 14.3 Å². The number of hydrogen-bond donors (Lipinski definition) is 1. The molecule has 1 unspecified atom stereocenters. The molecule has 0 heterocycles. The van der Waals surface area contributed by atoms with Crippen LogP contribution in [0.1, 0.15) is 25.8 Å². The molecular weight excluding hydrogens is 282 g/mol. The third-order valence-electron chi connectivity index (χ3n) is 2.91. The minimum atomic E-state index is -0.656. The Labute approximate surface area is 131 Å². The van der Waals surface area contributed by atoms with Crippen LogP contribution in [-0.4, -0.2) is 47.7 Å². The van der Waals surface area contributed by atoms with Crippen LogP contribution in [0.2, 0.25) is 0 Å². The molecule has 5 nitrogen and oxygen atoms in total. The molecule has 1 amide bonds. The van der Waals surface area contributed by atoms with Gasteiger partial charge in [-0.2, -0.15) is 0 Å². The first-order valence-electron chi connectivity index (χ1n) is 7.38. The second-order valence-electron chi connectivity index (χ2n) is 4.93. The number of carbonyl (C=O) groups is 2. The van der Waals surface area contributed by atoms with Crippen LogP contribution in [0.25, 0.3) is 6.08 Å². The minimum Gasteiger partial charge on any atom is -0.466 e. The fraction of sp³-hybridized carbons (Fsp3) is 0.412. The Morgan fingerprint density at radius 1 is 1.32 bits per heavy atom. The van der Waals surface area contributed by atoms with Gasteiger partial charge in [0.25, 0.3) is 0 Å². The van der Waals surface area contributed by atoms with Crippen molar-refractivity contribution in [1.29, 1.82) is 0 Å². The van der Waals surface area contributed by atoms with Crippen LogP contribution >= 0.6 is 0 Å². The summed E-state index contributed by atoms with van der Waals surface area (Å²) in [4.78, 5) is 25.0. The van der Waals surface area contributed by atoms with Crippen molar-refractivity contribution in [3.8, 4) is 0 Å². The van der Waals surface area contributed by atoms with Crippen LogP contribution in [0, 0.1) is 0 Å². The Bertz CT molecular complexity index is 497. The largest absolute Gasteiger partial charge is 0.466 e. The lowest BCUT2D eigenvalue weighted by Crippen LogP contribution is -2.37. The third-order valence-corrected chi connectivity index (χ3v) is 2.91. The fourth-order valence-corrected chi connectivity index (χ4v) is 1.91.